The summed E-state index contributed by atoms with van der Waals surface area (Å²) >= 11 is 0. The number of hydrogen-bond donors (Lipinski definition) is 1. The predicted molar refractivity (Wildman–Crippen MR) is 60.5 cm³/mol. The molecule has 0 unspecified atom stereocenters. The van der Waals surface area contributed by atoms with Crippen LogP contribution in [0.3, 0.4) is 0 Å². The molecule has 0 aromatic rings. The molecule has 1 fully saturated rings. The monoisotopic (exact) mass is 213 g/mol. The van der Waals surface area contributed by atoms with Gasteiger partial charge in [-0.2, -0.15) is 0 Å². The predicted octanol–water partition coefficient (Wildman–Crippen LogP) is 1.80. The lowest BCUT2D eigenvalue weighted by atomic mass is 10.1. The summed E-state index contributed by atoms with van der Waals surface area (Å²) in [5.74, 6) is 0.826. The zero-order chi connectivity index (χ0) is 11.3. The van der Waals surface area contributed by atoms with E-state index < -0.39 is 0 Å². The van der Waals surface area contributed by atoms with Crippen LogP contribution in [-0.2, 0) is 4.79 Å². The van der Waals surface area contributed by atoms with Gasteiger partial charge in [-0.25, -0.2) is 0 Å². The summed E-state index contributed by atoms with van der Waals surface area (Å²) in [6.07, 6.45) is 4.52. The lowest BCUT2D eigenvalue weighted by Crippen LogP contribution is -2.35. The van der Waals surface area contributed by atoms with Crippen molar-refractivity contribution in [1.29, 1.82) is 0 Å². The van der Waals surface area contributed by atoms with E-state index in [-0.39, 0.29) is 12.5 Å². The van der Waals surface area contributed by atoms with E-state index in [4.69, 9.17) is 5.11 Å². The van der Waals surface area contributed by atoms with Crippen LogP contribution < -0.4 is 0 Å². The number of carbonyl (C=O) groups excluding carboxylic acids is 1. The molecule has 3 nitrogen and oxygen atoms in total. The molecule has 15 heavy (non-hydrogen) atoms. The lowest BCUT2D eigenvalue weighted by Gasteiger charge is -2.24. The van der Waals surface area contributed by atoms with E-state index in [9.17, 15) is 4.79 Å². The van der Waals surface area contributed by atoms with Gasteiger partial charge in [-0.3, -0.25) is 4.79 Å². The number of hydrogen-bond acceptors (Lipinski definition) is 2. The van der Waals surface area contributed by atoms with Crippen molar-refractivity contribution in [2.75, 3.05) is 13.2 Å². The van der Waals surface area contributed by atoms with Crippen molar-refractivity contribution < 1.29 is 9.90 Å². The van der Waals surface area contributed by atoms with E-state index in [1.54, 1.807) is 0 Å². The fourth-order valence-electron chi connectivity index (χ4n) is 1.77. The van der Waals surface area contributed by atoms with Gasteiger partial charge in [-0.1, -0.05) is 13.8 Å². The third-order valence-corrected chi connectivity index (χ3v) is 2.67. The maximum atomic E-state index is 11.9. The third kappa shape index (κ3) is 4.65. The number of aliphatic hydroxyl groups excluding tert-OH is 1. The Balaban J connectivity index is 2.30. The molecule has 0 bridgehead atoms. The minimum Gasteiger partial charge on any atom is -0.396 e. The van der Waals surface area contributed by atoms with Gasteiger partial charge in [-0.15, -0.1) is 0 Å². The van der Waals surface area contributed by atoms with Crippen molar-refractivity contribution >= 4 is 5.91 Å². The second kappa shape index (κ2) is 6.11. The second-order valence-electron chi connectivity index (χ2n) is 4.85. The average molecular weight is 213 g/mol. The van der Waals surface area contributed by atoms with Crippen molar-refractivity contribution in [3.05, 3.63) is 0 Å². The molecule has 0 heterocycles. The second-order valence-corrected chi connectivity index (χ2v) is 4.85. The first-order chi connectivity index (χ1) is 7.15. The summed E-state index contributed by atoms with van der Waals surface area (Å²) in [4.78, 5) is 13.9. The molecule has 0 radical (unpaired) electrons. The van der Waals surface area contributed by atoms with Crippen LogP contribution in [0.1, 0.15) is 46.0 Å². The van der Waals surface area contributed by atoms with Crippen molar-refractivity contribution in [2.45, 2.75) is 52.0 Å². The van der Waals surface area contributed by atoms with Crippen LogP contribution in [0.2, 0.25) is 0 Å². The van der Waals surface area contributed by atoms with Crippen molar-refractivity contribution in [3.63, 3.8) is 0 Å². The first-order valence-electron chi connectivity index (χ1n) is 6.05. The lowest BCUT2D eigenvalue weighted by molar-refractivity contribution is -0.132. The van der Waals surface area contributed by atoms with Crippen LogP contribution in [0, 0.1) is 5.92 Å². The van der Waals surface area contributed by atoms with Crippen LogP contribution >= 0.6 is 0 Å². The molecular weight excluding hydrogens is 190 g/mol. The molecule has 3 heteroatoms. The Morgan fingerprint density at radius 3 is 2.53 bits per heavy atom. The Morgan fingerprint density at radius 1 is 1.40 bits per heavy atom. The number of carbonyl (C=O) groups is 1. The van der Waals surface area contributed by atoms with Crippen LogP contribution in [0.5, 0.6) is 0 Å². The highest BCUT2D eigenvalue weighted by atomic mass is 16.3. The van der Waals surface area contributed by atoms with Gasteiger partial charge < -0.3 is 10.0 Å². The van der Waals surface area contributed by atoms with Crippen LogP contribution in [0.15, 0.2) is 0 Å². The average Bonchev–Trinajstić information content (AvgIpc) is 2.97. The number of nitrogens with zero attached hydrogens (tertiary/aromatic N) is 1. The Morgan fingerprint density at radius 2 is 2.07 bits per heavy atom. The first-order valence-corrected chi connectivity index (χ1v) is 6.05. The summed E-state index contributed by atoms with van der Waals surface area (Å²) < 4.78 is 0. The minimum atomic E-state index is 0.195. The Labute approximate surface area is 92.5 Å². The molecule has 0 aromatic heterocycles. The third-order valence-electron chi connectivity index (χ3n) is 2.67. The van der Waals surface area contributed by atoms with Gasteiger partial charge in [0.2, 0.25) is 5.91 Å². The van der Waals surface area contributed by atoms with E-state index in [2.05, 4.69) is 13.8 Å². The van der Waals surface area contributed by atoms with Crippen molar-refractivity contribution in [2.24, 2.45) is 5.92 Å². The highest BCUT2D eigenvalue weighted by Gasteiger charge is 2.32. The van der Waals surface area contributed by atoms with Crippen molar-refractivity contribution in [1.82, 2.24) is 4.90 Å². The normalized spacial score (nSPS) is 15.7. The summed E-state index contributed by atoms with van der Waals surface area (Å²) in [6, 6.07) is 0.522. The maximum absolute atomic E-state index is 11.9. The van der Waals surface area contributed by atoms with Gasteiger partial charge in [-0.05, 0) is 31.6 Å². The number of unbranched alkanes of at least 4 members (excludes halogenated alkanes) is 1. The molecule has 0 aliphatic heterocycles. The standard InChI is InChI=1S/C12H23NO2/c1-10(2)9-13(11-6-7-11)12(15)5-3-4-8-14/h10-11,14H,3-9H2,1-2H3. The van der Waals surface area contributed by atoms with Crippen molar-refractivity contribution in [3.8, 4) is 0 Å². The zero-order valence-electron chi connectivity index (χ0n) is 9.91. The highest BCUT2D eigenvalue weighted by molar-refractivity contribution is 5.76. The molecule has 88 valence electrons. The first kappa shape index (κ1) is 12.5. The zero-order valence-corrected chi connectivity index (χ0v) is 9.91. The molecular formula is C12H23NO2. The molecule has 1 saturated carbocycles. The summed E-state index contributed by atoms with van der Waals surface area (Å²) in [5.41, 5.74) is 0. The van der Waals surface area contributed by atoms with E-state index in [1.807, 2.05) is 4.90 Å². The van der Waals surface area contributed by atoms with Gasteiger partial charge in [0.15, 0.2) is 0 Å². The molecule has 1 amide bonds. The van der Waals surface area contributed by atoms with E-state index in [1.165, 1.54) is 12.8 Å². The van der Waals surface area contributed by atoms with Gasteiger partial charge in [0.1, 0.15) is 0 Å². The maximum Gasteiger partial charge on any atom is 0.222 e. The molecule has 1 N–H and O–H groups in total. The Bertz CT molecular complexity index is 200. The molecule has 1 rings (SSSR count). The number of aliphatic hydroxyl groups is 1. The van der Waals surface area contributed by atoms with Gasteiger partial charge in [0.05, 0.1) is 0 Å². The summed E-state index contributed by atoms with van der Waals surface area (Å²) in [5, 5.41) is 8.66. The smallest absolute Gasteiger partial charge is 0.222 e. The van der Waals surface area contributed by atoms with E-state index in [0.717, 1.165) is 19.4 Å². The Kier molecular flexibility index (Phi) is 5.09. The number of rotatable bonds is 7. The quantitative estimate of drug-likeness (QED) is 0.655. The molecule has 0 saturated heterocycles. The highest BCUT2D eigenvalue weighted by Crippen LogP contribution is 2.28. The van der Waals surface area contributed by atoms with Crippen LogP contribution in [-0.4, -0.2) is 35.1 Å². The topological polar surface area (TPSA) is 40.5 Å². The summed E-state index contributed by atoms with van der Waals surface area (Å²) in [7, 11) is 0. The molecule has 0 spiro atoms. The van der Waals surface area contributed by atoms with E-state index >= 15 is 0 Å². The molecule has 1 aliphatic rings. The minimum absolute atomic E-state index is 0.195. The fourth-order valence-corrected chi connectivity index (χ4v) is 1.77. The largest absolute Gasteiger partial charge is 0.396 e. The molecule has 0 aromatic carbocycles. The molecule has 0 atom stereocenters. The van der Waals surface area contributed by atoms with Gasteiger partial charge in [0.25, 0.3) is 0 Å². The van der Waals surface area contributed by atoms with Crippen LogP contribution in [0.25, 0.3) is 0 Å². The SMILES string of the molecule is CC(C)CN(C(=O)CCCCO)C1CC1. The van der Waals surface area contributed by atoms with Gasteiger partial charge in [0, 0.05) is 25.6 Å². The number of amides is 1. The van der Waals surface area contributed by atoms with Crippen LogP contribution in [0.4, 0.5) is 0 Å². The summed E-state index contributed by atoms with van der Waals surface area (Å²) in [6.45, 7) is 5.39. The van der Waals surface area contributed by atoms with E-state index in [0.29, 0.717) is 18.4 Å². The Hall–Kier alpha value is -0.570. The molecule has 1 aliphatic carbocycles. The fraction of sp³-hybridized carbons (Fsp3) is 0.917. The van der Waals surface area contributed by atoms with Gasteiger partial charge >= 0.3 is 0 Å².